The van der Waals surface area contributed by atoms with Crippen LogP contribution in [0, 0.1) is 5.82 Å². The number of rotatable bonds is 7. The number of hydrogen-bond donors (Lipinski definition) is 1. The highest BCUT2D eigenvalue weighted by Crippen LogP contribution is 2.28. The first-order valence-electron chi connectivity index (χ1n) is 12.0. The average molecular weight is 521 g/mol. The molecule has 0 aliphatic carbocycles. The van der Waals surface area contributed by atoms with Gasteiger partial charge in [-0.25, -0.2) is 19.2 Å². The van der Waals surface area contributed by atoms with Gasteiger partial charge in [0.1, 0.15) is 17.7 Å². The molecule has 1 atom stereocenters. The molecule has 7 nitrogen and oxygen atoms in total. The molecule has 0 fully saturated rings. The van der Waals surface area contributed by atoms with E-state index in [0.29, 0.717) is 23.0 Å². The minimum Gasteiger partial charge on any atom is -0.478 e. The number of fused-ring (bicyclic) bond motifs is 1. The topological polar surface area (TPSA) is 80.5 Å². The number of carbonyl (C=O) groups is 1. The smallest absolute Gasteiger partial charge is 0.335 e. The summed E-state index contributed by atoms with van der Waals surface area (Å²) in [4.78, 5) is 23.0. The number of aryl methyl sites for hydroxylation is 1. The van der Waals surface area contributed by atoms with Gasteiger partial charge in [-0.1, -0.05) is 29.8 Å². The molecule has 1 N–H and O–H groups in total. The van der Waals surface area contributed by atoms with E-state index in [1.54, 1.807) is 43.3 Å². The van der Waals surface area contributed by atoms with Crippen molar-refractivity contribution in [2.45, 2.75) is 26.0 Å². The van der Waals surface area contributed by atoms with Crippen molar-refractivity contribution in [1.82, 2.24) is 19.4 Å². The highest BCUT2D eigenvalue weighted by atomic mass is 35.5. The number of halogens is 2. The average Bonchev–Trinajstić information content (AvgIpc) is 3.19. The van der Waals surface area contributed by atoms with Crippen molar-refractivity contribution in [2.24, 2.45) is 7.05 Å². The number of hydrogen-bond acceptors (Lipinski definition) is 5. The number of nitrogens with zero attached hydrogens (tertiary/aromatic N) is 4. The minimum absolute atomic E-state index is 0.249. The van der Waals surface area contributed by atoms with E-state index in [9.17, 15) is 14.3 Å². The highest BCUT2D eigenvalue weighted by Gasteiger charge is 2.19. The molecule has 0 spiro atoms. The normalized spacial score (nSPS) is 15.0. The second-order valence-corrected chi connectivity index (χ2v) is 9.53. The Kier molecular flexibility index (Phi) is 6.95. The van der Waals surface area contributed by atoms with Gasteiger partial charge in [-0.3, -0.25) is 4.90 Å². The molecule has 0 saturated heterocycles. The van der Waals surface area contributed by atoms with E-state index in [1.165, 1.54) is 6.07 Å². The first-order valence-corrected chi connectivity index (χ1v) is 12.4. The minimum atomic E-state index is -0.951. The summed E-state index contributed by atoms with van der Waals surface area (Å²) in [6.07, 6.45) is 2.45. The molecule has 1 aliphatic heterocycles. The van der Waals surface area contributed by atoms with Crippen molar-refractivity contribution in [1.29, 1.82) is 0 Å². The van der Waals surface area contributed by atoms with E-state index >= 15 is 0 Å². The van der Waals surface area contributed by atoms with Gasteiger partial charge in [0.25, 0.3) is 0 Å². The molecule has 9 heteroatoms. The van der Waals surface area contributed by atoms with Crippen molar-refractivity contribution in [2.75, 3.05) is 13.1 Å². The Morgan fingerprint density at radius 3 is 2.76 bits per heavy atom. The maximum atomic E-state index is 14.3. The van der Waals surface area contributed by atoms with Crippen LogP contribution in [-0.2, 0) is 13.6 Å². The molecule has 190 valence electrons. The summed E-state index contributed by atoms with van der Waals surface area (Å²) in [5.41, 5.74) is 4.22. The fraction of sp³-hybridized carbons (Fsp3) is 0.250. The quantitative estimate of drug-likeness (QED) is 0.327. The van der Waals surface area contributed by atoms with Crippen LogP contribution in [0.5, 0.6) is 5.88 Å². The Balaban J connectivity index is 1.26. The van der Waals surface area contributed by atoms with Gasteiger partial charge >= 0.3 is 5.97 Å². The molecule has 0 radical (unpaired) electrons. The van der Waals surface area contributed by atoms with Crippen LogP contribution in [0.15, 0.2) is 60.7 Å². The Labute approximate surface area is 218 Å². The summed E-state index contributed by atoms with van der Waals surface area (Å²) in [6.45, 7) is 3.99. The van der Waals surface area contributed by atoms with E-state index in [1.807, 2.05) is 23.7 Å². The first-order chi connectivity index (χ1) is 17.8. The summed E-state index contributed by atoms with van der Waals surface area (Å²) in [5, 5.41) is 9.62. The molecular weight excluding hydrogens is 495 g/mol. The molecule has 2 aromatic carbocycles. The Morgan fingerprint density at radius 2 is 2.03 bits per heavy atom. The van der Waals surface area contributed by atoms with Gasteiger partial charge in [0, 0.05) is 36.8 Å². The predicted molar refractivity (Wildman–Crippen MR) is 140 cm³/mol. The molecule has 3 heterocycles. The predicted octanol–water partition coefficient (Wildman–Crippen LogP) is 5.89. The number of aromatic nitrogens is 3. The summed E-state index contributed by atoms with van der Waals surface area (Å²) in [5.74, 6) is -0.0448. The number of carboxylic acid groups (broad SMARTS) is 1. The molecule has 1 aliphatic rings. The number of aromatic carboxylic acids is 1. The van der Waals surface area contributed by atoms with Crippen LogP contribution in [0.1, 0.15) is 46.9 Å². The maximum Gasteiger partial charge on any atom is 0.335 e. The Hall–Kier alpha value is -3.75. The van der Waals surface area contributed by atoms with E-state index < -0.39 is 17.9 Å². The van der Waals surface area contributed by atoms with Gasteiger partial charge in [-0.05, 0) is 55.3 Å². The SMILES string of the molecule is CC(Oc1cccc(C2=CCN(Cc3nc4ccc(C(=O)O)cc4n3C)CC2)n1)c1ccc(Cl)cc1F. The lowest BCUT2D eigenvalue weighted by Gasteiger charge is -2.26. The summed E-state index contributed by atoms with van der Waals surface area (Å²) in [7, 11) is 1.91. The largest absolute Gasteiger partial charge is 0.478 e. The molecular formula is C28H26ClFN4O3. The van der Waals surface area contributed by atoms with Crippen LogP contribution in [0.25, 0.3) is 16.6 Å². The summed E-state index contributed by atoms with van der Waals surface area (Å²) in [6, 6.07) is 15.1. The maximum absolute atomic E-state index is 14.3. The molecule has 37 heavy (non-hydrogen) atoms. The van der Waals surface area contributed by atoms with Gasteiger partial charge in [0.2, 0.25) is 5.88 Å². The van der Waals surface area contributed by atoms with Crippen LogP contribution in [0.3, 0.4) is 0 Å². The zero-order valence-corrected chi connectivity index (χ0v) is 21.2. The molecule has 5 rings (SSSR count). The lowest BCUT2D eigenvalue weighted by atomic mass is 10.0. The fourth-order valence-electron chi connectivity index (χ4n) is 4.54. The number of benzene rings is 2. The lowest BCUT2D eigenvalue weighted by molar-refractivity contribution is 0.0697. The molecule has 0 saturated carbocycles. The van der Waals surface area contributed by atoms with E-state index in [2.05, 4.69) is 16.0 Å². The van der Waals surface area contributed by atoms with Gasteiger partial charge < -0.3 is 14.4 Å². The summed E-state index contributed by atoms with van der Waals surface area (Å²) < 4.78 is 22.2. The van der Waals surface area contributed by atoms with E-state index in [0.717, 1.165) is 47.6 Å². The van der Waals surface area contributed by atoms with Crippen molar-refractivity contribution >= 4 is 34.2 Å². The third-order valence-electron chi connectivity index (χ3n) is 6.63. The van der Waals surface area contributed by atoms with Crippen LogP contribution in [0.4, 0.5) is 4.39 Å². The van der Waals surface area contributed by atoms with Crippen molar-refractivity contribution < 1.29 is 19.0 Å². The monoisotopic (exact) mass is 520 g/mol. The number of imidazole rings is 1. The van der Waals surface area contributed by atoms with Gasteiger partial charge in [-0.15, -0.1) is 0 Å². The number of ether oxygens (including phenoxy) is 1. The van der Waals surface area contributed by atoms with Crippen LogP contribution < -0.4 is 4.74 Å². The lowest BCUT2D eigenvalue weighted by Crippen LogP contribution is -2.29. The number of carboxylic acids is 1. The second kappa shape index (κ2) is 10.3. The third-order valence-corrected chi connectivity index (χ3v) is 6.86. The van der Waals surface area contributed by atoms with Crippen LogP contribution in [0.2, 0.25) is 5.02 Å². The van der Waals surface area contributed by atoms with E-state index in [-0.39, 0.29) is 5.56 Å². The Morgan fingerprint density at radius 1 is 1.19 bits per heavy atom. The van der Waals surface area contributed by atoms with Crippen molar-refractivity contribution in [3.63, 3.8) is 0 Å². The zero-order chi connectivity index (χ0) is 26.1. The van der Waals surface area contributed by atoms with Gasteiger partial charge in [-0.2, -0.15) is 0 Å². The molecule has 2 aromatic heterocycles. The molecule has 0 bridgehead atoms. The molecule has 4 aromatic rings. The van der Waals surface area contributed by atoms with E-state index in [4.69, 9.17) is 21.3 Å². The highest BCUT2D eigenvalue weighted by molar-refractivity contribution is 6.30. The Bertz CT molecular complexity index is 1520. The van der Waals surface area contributed by atoms with Gasteiger partial charge in [0.15, 0.2) is 0 Å². The summed E-state index contributed by atoms with van der Waals surface area (Å²) >= 11 is 5.86. The van der Waals surface area contributed by atoms with Gasteiger partial charge in [0.05, 0.1) is 28.8 Å². The third kappa shape index (κ3) is 5.35. The fourth-order valence-corrected chi connectivity index (χ4v) is 4.70. The second-order valence-electron chi connectivity index (χ2n) is 9.10. The zero-order valence-electron chi connectivity index (χ0n) is 20.5. The molecule has 1 unspecified atom stereocenters. The van der Waals surface area contributed by atoms with Crippen LogP contribution >= 0.6 is 11.6 Å². The van der Waals surface area contributed by atoms with Crippen molar-refractivity contribution in [3.8, 4) is 5.88 Å². The number of pyridine rings is 1. The standard InChI is InChI=1S/C28H26ClFN4O3/c1-17(21-8-7-20(29)15-22(21)30)37-27-5-3-4-23(32-27)18-10-12-34(13-11-18)16-26-31-24-9-6-19(28(35)36)14-25(24)33(26)2/h3-10,14-15,17H,11-13,16H2,1-2H3,(H,35,36). The molecule has 0 amide bonds. The van der Waals surface area contributed by atoms with Crippen molar-refractivity contribution in [3.05, 3.63) is 94.2 Å². The first kappa shape index (κ1) is 24.9. The van der Waals surface area contributed by atoms with Crippen LogP contribution in [-0.4, -0.2) is 43.6 Å².